The van der Waals surface area contributed by atoms with Crippen LogP contribution in [0.2, 0.25) is 0 Å². The maximum Gasteiger partial charge on any atom is -0.0167 e. The van der Waals surface area contributed by atoms with Gasteiger partial charge in [0.15, 0.2) is 0 Å². The van der Waals surface area contributed by atoms with E-state index in [1.54, 1.807) is 6.08 Å². The van der Waals surface area contributed by atoms with Crippen LogP contribution in [-0.2, 0) is 0 Å². The Labute approximate surface area is 51.9 Å². The minimum Gasteiger partial charge on any atom is -0.0991 e. The van der Waals surface area contributed by atoms with Crippen LogP contribution in [-0.4, -0.2) is 0 Å². The summed E-state index contributed by atoms with van der Waals surface area (Å²) in [5.74, 6) is 0. The molecule has 0 N–H and O–H groups in total. The predicted molar refractivity (Wildman–Crippen MR) is 38.5 cm³/mol. The molecule has 0 heterocycles. The summed E-state index contributed by atoms with van der Waals surface area (Å²) in [5.41, 5.74) is 0. The number of unbranched alkanes of at least 4 members (excludes halogenated alkanes) is 2. The first-order chi connectivity index (χ1) is 3.91. The summed E-state index contributed by atoms with van der Waals surface area (Å²) >= 11 is 0. The van der Waals surface area contributed by atoms with Gasteiger partial charge in [0.25, 0.3) is 0 Å². The van der Waals surface area contributed by atoms with Crippen molar-refractivity contribution in [3.8, 4) is 0 Å². The monoisotopic (exact) mass is 109 g/mol. The van der Waals surface area contributed by atoms with Crippen LogP contribution in [0.15, 0.2) is 24.8 Å². The minimum absolute atomic E-state index is 1.17. The zero-order chi connectivity index (χ0) is 6.24. The molecule has 45 valence electrons. The molecular weight excluding hydrogens is 96.1 g/mol. The first-order valence-corrected chi connectivity index (χ1v) is 3.02. The molecule has 0 saturated heterocycles. The van der Waals surface area contributed by atoms with Crippen LogP contribution in [0.25, 0.3) is 0 Å². The Bertz CT molecular complexity index is 70.1. The molecule has 0 aromatic carbocycles. The lowest BCUT2D eigenvalue weighted by Gasteiger charge is -1.83. The molecule has 1 radical (unpaired) electrons. The summed E-state index contributed by atoms with van der Waals surface area (Å²) in [4.78, 5) is 0. The van der Waals surface area contributed by atoms with E-state index in [-0.39, 0.29) is 0 Å². The Morgan fingerprint density at radius 3 is 2.62 bits per heavy atom. The first kappa shape index (κ1) is 7.48. The molecule has 0 aliphatic carbocycles. The average molecular weight is 109 g/mol. The van der Waals surface area contributed by atoms with Gasteiger partial charge in [-0.05, 0) is 12.8 Å². The van der Waals surface area contributed by atoms with Crippen molar-refractivity contribution in [3.05, 3.63) is 31.2 Å². The van der Waals surface area contributed by atoms with E-state index in [1.165, 1.54) is 12.8 Å². The zero-order valence-electron chi connectivity index (χ0n) is 5.43. The van der Waals surface area contributed by atoms with Gasteiger partial charge >= 0.3 is 0 Å². The molecule has 0 aromatic heterocycles. The van der Waals surface area contributed by atoms with E-state index >= 15 is 0 Å². The summed E-state index contributed by atoms with van der Waals surface area (Å²) in [6, 6.07) is 0. The van der Waals surface area contributed by atoms with Crippen molar-refractivity contribution in [2.45, 2.75) is 19.8 Å². The van der Waals surface area contributed by atoms with Gasteiger partial charge in [0.2, 0.25) is 0 Å². The van der Waals surface area contributed by atoms with Crippen molar-refractivity contribution in [2.24, 2.45) is 0 Å². The third kappa shape index (κ3) is 5.48. The van der Waals surface area contributed by atoms with Crippen molar-refractivity contribution < 1.29 is 0 Å². The van der Waals surface area contributed by atoms with Gasteiger partial charge in [-0.2, -0.15) is 0 Å². The summed E-state index contributed by atoms with van der Waals surface area (Å²) in [5, 5.41) is 0. The molecule has 0 aliphatic heterocycles. The predicted octanol–water partition coefficient (Wildman–Crippen LogP) is 2.73. The Morgan fingerprint density at radius 2 is 2.12 bits per heavy atom. The highest BCUT2D eigenvalue weighted by Crippen LogP contribution is 1.92. The van der Waals surface area contributed by atoms with Gasteiger partial charge in [-0.1, -0.05) is 38.2 Å². The van der Waals surface area contributed by atoms with E-state index < -0.39 is 0 Å². The summed E-state index contributed by atoms with van der Waals surface area (Å²) in [7, 11) is 0. The molecule has 0 fully saturated rings. The molecule has 8 heavy (non-hydrogen) atoms. The number of rotatable bonds is 4. The van der Waals surface area contributed by atoms with E-state index in [0.29, 0.717) is 0 Å². The molecule has 0 heteroatoms. The third-order valence-electron chi connectivity index (χ3n) is 0.839. The fourth-order valence-corrected chi connectivity index (χ4v) is 0.420. The number of allylic oxidation sites excluding steroid dienone is 3. The number of hydrogen-bond acceptors (Lipinski definition) is 0. The van der Waals surface area contributed by atoms with Crippen molar-refractivity contribution in [2.75, 3.05) is 0 Å². The smallest absolute Gasteiger partial charge is 0.0167 e. The molecule has 0 saturated carbocycles. The van der Waals surface area contributed by atoms with E-state index in [0.717, 1.165) is 0 Å². The Morgan fingerprint density at radius 1 is 1.38 bits per heavy atom. The van der Waals surface area contributed by atoms with Gasteiger partial charge in [-0.15, -0.1) is 0 Å². The van der Waals surface area contributed by atoms with E-state index in [2.05, 4.69) is 19.9 Å². The maximum atomic E-state index is 3.55. The SMILES string of the molecule is C=C/C=C/[CH]CCC. The van der Waals surface area contributed by atoms with Crippen molar-refractivity contribution in [1.29, 1.82) is 0 Å². The molecule has 0 unspecified atom stereocenters. The van der Waals surface area contributed by atoms with E-state index in [9.17, 15) is 0 Å². The van der Waals surface area contributed by atoms with Crippen LogP contribution in [0.4, 0.5) is 0 Å². The quantitative estimate of drug-likeness (QED) is 0.384. The lowest BCUT2D eigenvalue weighted by Crippen LogP contribution is -1.65. The van der Waals surface area contributed by atoms with Gasteiger partial charge in [0, 0.05) is 0 Å². The second kappa shape index (κ2) is 6.48. The Kier molecular flexibility index (Phi) is 6.06. The van der Waals surface area contributed by atoms with E-state index in [1.807, 2.05) is 12.2 Å². The second-order valence-electron chi connectivity index (χ2n) is 1.64. The van der Waals surface area contributed by atoms with Gasteiger partial charge in [0.1, 0.15) is 0 Å². The van der Waals surface area contributed by atoms with Crippen LogP contribution in [0.1, 0.15) is 19.8 Å². The number of hydrogen-bond donors (Lipinski definition) is 0. The van der Waals surface area contributed by atoms with Gasteiger partial charge in [-0.25, -0.2) is 0 Å². The molecule has 0 aromatic rings. The molecular formula is C8H13. The topological polar surface area (TPSA) is 0 Å². The third-order valence-corrected chi connectivity index (χ3v) is 0.839. The van der Waals surface area contributed by atoms with Crippen molar-refractivity contribution in [1.82, 2.24) is 0 Å². The first-order valence-electron chi connectivity index (χ1n) is 3.02. The van der Waals surface area contributed by atoms with Crippen LogP contribution in [0, 0.1) is 6.42 Å². The zero-order valence-corrected chi connectivity index (χ0v) is 5.43. The standard InChI is InChI=1S/C8H13/c1-3-5-7-8-6-4-2/h3,5,7-8H,1,4,6H2,2H3/b7-5+. The van der Waals surface area contributed by atoms with E-state index in [4.69, 9.17) is 0 Å². The molecule has 0 rings (SSSR count). The largest absolute Gasteiger partial charge is 0.0991 e. The normalized spacial score (nSPS) is 10.1. The molecule has 0 spiro atoms. The Balaban J connectivity index is 2.91. The highest BCUT2D eigenvalue weighted by Gasteiger charge is 1.74. The minimum atomic E-state index is 1.17. The van der Waals surface area contributed by atoms with Crippen LogP contribution in [0.5, 0.6) is 0 Å². The molecule has 0 bridgehead atoms. The summed E-state index contributed by atoms with van der Waals surface area (Å²) in [6.45, 7) is 5.72. The molecule has 0 aliphatic rings. The van der Waals surface area contributed by atoms with Crippen LogP contribution < -0.4 is 0 Å². The van der Waals surface area contributed by atoms with Crippen LogP contribution in [0.3, 0.4) is 0 Å². The fourth-order valence-electron chi connectivity index (χ4n) is 0.420. The lowest BCUT2D eigenvalue weighted by molar-refractivity contribution is 0.923. The highest BCUT2D eigenvalue weighted by atomic mass is 13.8. The van der Waals surface area contributed by atoms with Crippen molar-refractivity contribution in [3.63, 3.8) is 0 Å². The van der Waals surface area contributed by atoms with Crippen LogP contribution >= 0.6 is 0 Å². The average Bonchev–Trinajstić information content (AvgIpc) is 1.81. The lowest BCUT2D eigenvalue weighted by atomic mass is 10.2. The fraction of sp³-hybridized carbons (Fsp3) is 0.375. The molecule has 0 amide bonds. The van der Waals surface area contributed by atoms with Gasteiger partial charge < -0.3 is 0 Å². The summed E-state index contributed by atoms with van der Waals surface area (Å²) < 4.78 is 0. The molecule has 0 atom stereocenters. The summed E-state index contributed by atoms with van der Waals surface area (Å²) in [6.07, 6.45) is 10.3. The Hall–Kier alpha value is -0.520. The maximum absolute atomic E-state index is 3.55. The molecule has 0 nitrogen and oxygen atoms in total. The van der Waals surface area contributed by atoms with Crippen molar-refractivity contribution >= 4 is 0 Å². The highest BCUT2D eigenvalue weighted by molar-refractivity contribution is 5.03. The van der Waals surface area contributed by atoms with Gasteiger partial charge in [0.05, 0.1) is 0 Å². The van der Waals surface area contributed by atoms with Gasteiger partial charge in [-0.3, -0.25) is 0 Å². The second-order valence-corrected chi connectivity index (χ2v) is 1.64.